The van der Waals surface area contributed by atoms with Gasteiger partial charge in [0, 0.05) is 30.8 Å². The molecule has 3 rings (SSSR count). The van der Waals surface area contributed by atoms with E-state index in [-0.39, 0.29) is 6.04 Å². The lowest BCUT2D eigenvalue weighted by atomic mass is 9.99. The second kappa shape index (κ2) is 5.02. The van der Waals surface area contributed by atoms with Crippen molar-refractivity contribution in [2.45, 2.75) is 25.8 Å². The molecule has 0 fully saturated rings. The summed E-state index contributed by atoms with van der Waals surface area (Å²) >= 11 is 0. The number of pyridine rings is 1. The molecule has 0 aliphatic carbocycles. The standard InChI is InChI=1S/C16H18N2O/c1-11-2-4-14(18-10-11)9-15(17)12-3-5-16-13(8-12)6-7-19-16/h2-5,8,10,15H,6-7,9,17H2,1H3. The van der Waals surface area contributed by atoms with Crippen LogP contribution in [-0.2, 0) is 12.8 Å². The average molecular weight is 254 g/mol. The number of ether oxygens (including phenoxy) is 1. The molecule has 0 saturated carbocycles. The van der Waals surface area contributed by atoms with Crippen LogP contribution in [0.4, 0.5) is 0 Å². The minimum Gasteiger partial charge on any atom is -0.493 e. The van der Waals surface area contributed by atoms with E-state index in [2.05, 4.69) is 23.2 Å². The summed E-state index contributed by atoms with van der Waals surface area (Å²) in [4.78, 5) is 4.41. The van der Waals surface area contributed by atoms with E-state index in [0.717, 1.165) is 36.5 Å². The first-order chi connectivity index (χ1) is 9.22. The molecular weight excluding hydrogens is 236 g/mol. The van der Waals surface area contributed by atoms with E-state index in [9.17, 15) is 0 Å². The molecule has 0 radical (unpaired) electrons. The molecule has 1 aromatic carbocycles. The molecule has 2 heterocycles. The molecule has 2 N–H and O–H groups in total. The molecule has 0 amide bonds. The van der Waals surface area contributed by atoms with Crippen molar-refractivity contribution in [3.05, 3.63) is 58.9 Å². The maximum atomic E-state index is 6.28. The molecule has 2 aromatic rings. The summed E-state index contributed by atoms with van der Waals surface area (Å²) in [5.41, 5.74) is 10.9. The van der Waals surface area contributed by atoms with Crippen LogP contribution in [-0.4, -0.2) is 11.6 Å². The Hall–Kier alpha value is -1.87. The lowest BCUT2D eigenvalue weighted by Crippen LogP contribution is -2.14. The van der Waals surface area contributed by atoms with Gasteiger partial charge in [-0.05, 0) is 35.7 Å². The first-order valence-electron chi connectivity index (χ1n) is 6.65. The van der Waals surface area contributed by atoms with E-state index in [1.807, 2.05) is 25.3 Å². The summed E-state index contributed by atoms with van der Waals surface area (Å²) in [5.74, 6) is 1.00. The zero-order valence-corrected chi connectivity index (χ0v) is 11.1. The van der Waals surface area contributed by atoms with Crippen LogP contribution in [0.3, 0.4) is 0 Å². The highest BCUT2D eigenvalue weighted by atomic mass is 16.5. The van der Waals surface area contributed by atoms with Crippen molar-refractivity contribution in [1.82, 2.24) is 4.98 Å². The summed E-state index contributed by atoms with van der Waals surface area (Å²) in [6.07, 6.45) is 3.64. The van der Waals surface area contributed by atoms with Gasteiger partial charge in [0.1, 0.15) is 5.75 Å². The van der Waals surface area contributed by atoms with Crippen LogP contribution in [0.2, 0.25) is 0 Å². The molecule has 3 nitrogen and oxygen atoms in total. The molecule has 0 spiro atoms. The number of hydrogen-bond donors (Lipinski definition) is 1. The Morgan fingerprint density at radius 1 is 1.32 bits per heavy atom. The number of rotatable bonds is 3. The monoisotopic (exact) mass is 254 g/mol. The molecule has 0 bridgehead atoms. The van der Waals surface area contributed by atoms with Gasteiger partial charge in [-0.25, -0.2) is 0 Å². The van der Waals surface area contributed by atoms with Gasteiger partial charge >= 0.3 is 0 Å². The third kappa shape index (κ3) is 2.61. The summed E-state index contributed by atoms with van der Waals surface area (Å²) in [7, 11) is 0. The van der Waals surface area contributed by atoms with E-state index in [0.29, 0.717) is 0 Å². The van der Waals surface area contributed by atoms with Gasteiger partial charge in [0.05, 0.1) is 6.61 Å². The number of nitrogens with two attached hydrogens (primary N) is 1. The minimum absolute atomic E-state index is 0.0129. The van der Waals surface area contributed by atoms with Crippen LogP contribution in [0, 0.1) is 6.92 Å². The Balaban J connectivity index is 1.76. The Morgan fingerprint density at radius 3 is 3.00 bits per heavy atom. The van der Waals surface area contributed by atoms with Gasteiger partial charge in [-0.15, -0.1) is 0 Å². The first-order valence-corrected chi connectivity index (χ1v) is 6.65. The number of benzene rings is 1. The fourth-order valence-electron chi connectivity index (χ4n) is 2.40. The molecule has 19 heavy (non-hydrogen) atoms. The van der Waals surface area contributed by atoms with E-state index >= 15 is 0 Å². The molecular formula is C16H18N2O. The van der Waals surface area contributed by atoms with Crippen molar-refractivity contribution in [3.63, 3.8) is 0 Å². The predicted octanol–water partition coefficient (Wildman–Crippen LogP) is 2.57. The van der Waals surface area contributed by atoms with Crippen molar-refractivity contribution in [1.29, 1.82) is 0 Å². The maximum absolute atomic E-state index is 6.28. The van der Waals surface area contributed by atoms with Gasteiger partial charge in [-0.2, -0.15) is 0 Å². The van der Waals surface area contributed by atoms with Crippen molar-refractivity contribution in [2.75, 3.05) is 6.61 Å². The van der Waals surface area contributed by atoms with Gasteiger partial charge in [-0.1, -0.05) is 18.2 Å². The van der Waals surface area contributed by atoms with Gasteiger partial charge in [-0.3, -0.25) is 4.98 Å². The third-order valence-corrected chi connectivity index (χ3v) is 3.54. The smallest absolute Gasteiger partial charge is 0.122 e. The SMILES string of the molecule is Cc1ccc(CC(N)c2ccc3c(c2)CCO3)nc1. The number of aryl methyl sites for hydroxylation is 1. The van der Waals surface area contributed by atoms with Crippen LogP contribution in [0.1, 0.15) is 28.4 Å². The number of aromatic nitrogens is 1. The van der Waals surface area contributed by atoms with E-state index in [4.69, 9.17) is 10.5 Å². The summed E-state index contributed by atoms with van der Waals surface area (Å²) in [5, 5.41) is 0. The van der Waals surface area contributed by atoms with Crippen molar-refractivity contribution < 1.29 is 4.74 Å². The average Bonchev–Trinajstić information content (AvgIpc) is 2.88. The molecule has 1 unspecified atom stereocenters. The Morgan fingerprint density at radius 2 is 2.21 bits per heavy atom. The predicted molar refractivity (Wildman–Crippen MR) is 75.2 cm³/mol. The molecule has 1 aliphatic heterocycles. The number of nitrogens with zero attached hydrogens (tertiary/aromatic N) is 1. The molecule has 0 saturated heterocycles. The van der Waals surface area contributed by atoms with Crippen LogP contribution < -0.4 is 10.5 Å². The highest BCUT2D eigenvalue weighted by Gasteiger charge is 2.15. The van der Waals surface area contributed by atoms with Crippen LogP contribution in [0.5, 0.6) is 5.75 Å². The molecule has 1 aromatic heterocycles. The largest absolute Gasteiger partial charge is 0.493 e. The topological polar surface area (TPSA) is 48.1 Å². The second-order valence-corrected chi connectivity index (χ2v) is 5.10. The van der Waals surface area contributed by atoms with Gasteiger partial charge in [0.2, 0.25) is 0 Å². The van der Waals surface area contributed by atoms with Crippen LogP contribution in [0.25, 0.3) is 0 Å². The lowest BCUT2D eigenvalue weighted by Gasteiger charge is -2.13. The third-order valence-electron chi connectivity index (χ3n) is 3.54. The molecule has 98 valence electrons. The highest BCUT2D eigenvalue weighted by Crippen LogP contribution is 2.28. The number of hydrogen-bond acceptors (Lipinski definition) is 3. The van der Waals surface area contributed by atoms with Gasteiger partial charge in [0.15, 0.2) is 0 Å². The Bertz CT molecular complexity index is 578. The van der Waals surface area contributed by atoms with Crippen LogP contribution >= 0.6 is 0 Å². The molecule has 1 atom stereocenters. The Kier molecular flexibility index (Phi) is 3.22. The van der Waals surface area contributed by atoms with Crippen molar-refractivity contribution in [2.24, 2.45) is 5.73 Å². The summed E-state index contributed by atoms with van der Waals surface area (Å²) in [6.45, 7) is 2.82. The van der Waals surface area contributed by atoms with Crippen LogP contribution in [0.15, 0.2) is 36.5 Å². The fourth-order valence-corrected chi connectivity index (χ4v) is 2.40. The van der Waals surface area contributed by atoms with Gasteiger partial charge < -0.3 is 10.5 Å². The quantitative estimate of drug-likeness (QED) is 0.915. The summed E-state index contributed by atoms with van der Waals surface area (Å²) < 4.78 is 5.51. The van der Waals surface area contributed by atoms with Gasteiger partial charge in [0.25, 0.3) is 0 Å². The zero-order chi connectivity index (χ0) is 13.2. The number of fused-ring (bicyclic) bond motifs is 1. The van der Waals surface area contributed by atoms with Crippen molar-refractivity contribution in [3.8, 4) is 5.75 Å². The molecule has 1 aliphatic rings. The molecule has 3 heteroatoms. The Labute approximate surface area is 113 Å². The fraction of sp³-hybridized carbons (Fsp3) is 0.312. The first kappa shape index (κ1) is 12.2. The maximum Gasteiger partial charge on any atom is 0.122 e. The van der Waals surface area contributed by atoms with Crippen molar-refractivity contribution >= 4 is 0 Å². The summed E-state index contributed by atoms with van der Waals surface area (Å²) in [6, 6.07) is 10.4. The van der Waals surface area contributed by atoms with E-state index < -0.39 is 0 Å². The lowest BCUT2D eigenvalue weighted by molar-refractivity contribution is 0.357. The zero-order valence-electron chi connectivity index (χ0n) is 11.1. The highest BCUT2D eigenvalue weighted by molar-refractivity contribution is 5.41. The second-order valence-electron chi connectivity index (χ2n) is 5.10. The van der Waals surface area contributed by atoms with E-state index in [1.165, 1.54) is 11.1 Å². The normalized spacial score (nSPS) is 14.8. The minimum atomic E-state index is -0.0129. The van der Waals surface area contributed by atoms with E-state index in [1.54, 1.807) is 0 Å².